The van der Waals surface area contributed by atoms with E-state index in [1.54, 1.807) is 6.92 Å². The van der Waals surface area contributed by atoms with Crippen molar-refractivity contribution in [3.8, 4) is 0 Å². The topological polar surface area (TPSA) is 81.2 Å². The summed E-state index contributed by atoms with van der Waals surface area (Å²) >= 11 is 0. The molecule has 0 bridgehead atoms. The van der Waals surface area contributed by atoms with E-state index < -0.39 is 11.7 Å². The number of nitrogens with zero attached hydrogens (tertiary/aromatic N) is 1. The van der Waals surface area contributed by atoms with E-state index in [0.717, 1.165) is 17.4 Å². The van der Waals surface area contributed by atoms with Gasteiger partial charge in [0.25, 0.3) is 5.56 Å². The highest BCUT2D eigenvalue weighted by molar-refractivity contribution is 5.69. The minimum absolute atomic E-state index is 0.233. The van der Waals surface area contributed by atoms with Crippen LogP contribution in [0.5, 0.6) is 0 Å². The largest absolute Gasteiger partial charge is 0.465 e. The van der Waals surface area contributed by atoms with Crippen LogP contribution in [0.4, 0.5) is 0 Å². The first kappa shape index (κ1) is 11.6. The quantitative estimate of drug-likeness (QED) is 0.726. The lowest BCUT2D eigenvalue weighted by Crippen LogP contribution is -2.39. The normalized spacial score (nSPS) is 13.5. The van der Waals surface area contributed by atoms with Gasteiger partial charge in [-0.25, -0.2) is 9.36 Å². The van der Waals surface area contributed by atoms with Crippen LogP contribution < -0.4 is 11.2 Å². The van der Waals surface area contributed by atoms with Crippen molar-refractivity contribution in [2.75, 3.05) is 6.61 Å². The van der Waals surface area contributed by atoms with Gasteiger partial charge in [0.15, 0.2) is 0 Å². The van der Waals surface area contributed by atoms with Gasteiger partial charge in [-0.15, -0.1) is 0 Å². The summed E-state index contributed by atoms with van der Waals surface area (Å²) in [5.41, 5.74) is 0.423. The molecule has 0 aliphatic heterocycles. The van der Waals surface area contributed by atoms with Crippen LogP contribution in [0.15, 0.2) is 9.59 Å². The van der Waals surface area contributed by atoms with Gasteiger partial charge in [0.05, 0.1) is 6.61 Å². The third-order valence-electron chi connectivity index (χ3n) is 2.82. The van der Waals surface area contributed by atoms with Crippen LogP contribution in [-0.4, -0.2) is 22.1 Å². The first-order valence-corrected chi connectivity index (χ1v) is 5.64. The van der Waals surface area contributed by atoms with Crippen LogP contribution in [-0.2, 0) is 28.9 Å². The first-order chi connectivity index (χ1) is 8.13. The van der Waals surface area contributed by atoms with Gasteiger partial charge in [-0.1, -0.05) is 0 Å². The summed E-state index contributed by atoms with van der Waals surface area (Å²) in [5, 5.41) is 0. The Morgan fingerprint density at radius 3 is 2.88 bits per heavy atom. The van der Waals surface area contributed by atoms with Crippen molar-refractivity contribution in [3.63, 3.8) is 0 Å². The fraction of sp³-hybridized carbons (Fsp3) is 0.545. The van der Waals surface area contributed by atoms with Crippen molar-refractivity contribution >= 4 is 5.97 Å². The number of hydrogen-bond donors (Lipinski definition) is 1. The number of ether oxygens (including phenoxy) is 1. The van der Waals surface area contributed by atoms with E-state index in [0.29, 0.717) is 17.7 Å². The maximum atomic E-state index is 12.0. The summed E-state index contributed by atoms with van der Waals surface area (Å²) in [6.45, 7) is 1.58. The summed E-state index contributed by atoms with van der Waals surface area (Å²) in [6, 6.07) is 0. The zero-order chi connectivity index (χ0) is 12.4. The minimum Gasteiger partial charge on any atom is -0.465 e. The van der Waals surface area contributed by atoms with E-state index in [1.165, 1.54) is 0 Å². The van der Waals surface area contributed by atoms with E-state index in [-0.39, 0.29) is 18.7 Å². The monoisotopic (exact) mass is 238 g/mol. The van der Waals surface area contributed by atoms with Crippen molar-refractivity contribution in [1.82, 2.24) is 9.55 Å². The number of carbonyl (C=O) groups excluding carboxylic acids is 1. The molecule has 0 atom stereocenters. The smallest absolute Gasteiger partial charge is 0.329 e. The second-order valence-electron chi connectivity index (χ2n) is 3.94. The molecular formula is C11H14N2O4. The Labute approximate surface area is 97.2 Å². The highest BCUT2D eigenvalue weighted by atomic mass is 16.5. The molecule has 1 N–H and O–H groups in total. The molecule has 2 rings (SSSR count). The molecule has 6 nitrogen and oxygen atoms in total. The molecule has 0 unspecified atom stereocenters. The molecule has 0 saturated carbocycles. The summed E-state index contributed by atoms with van der Waals surface area (Å²) in [7, 11) is 0. The van der Waals surface area contributed by atoms with E-state index in [4.69, 9.17) is 4.74 Å². The second kappa shape index (κ2) is 4.57. The summed E-state index contributed by atoms with van der Waals surface area (Å²) in [6.07, 6.45) is 2.25. The van der Waals surface area contributed by atoms with Crippen molar-refractivity contribution < 1.29 is 9.53 Å². The molecule has 92 valence electrons. The molecule has 0 fully saturated rings. The molecule has 1 aromatic heterocycles. The average molecular weight is 238 g/mol. The molecule has 0 amide bonds. The van der Waals surface area contributed by atoms with E-state index in [2.05, 4.69) is 4.98 Å². The van der Waals surface area contributed by atoms with Gasteiger partial charge in [-0.3, -0.25) is 9.59 Å². The van der Waals surface area contributed by atoms with Crippen LogP contribution in [0, 0.1) is 0 Å². The van der Waals surface area contributed by atoms with Crippen molar-refractivity contribution in [2.24, 2.45) is 0 Å². The third kappa shape index (κ3) is 2.15. The molecular weight excluding hydrogens is 224 g/mol. The van der Waals surface area contributed by atoms with Gasteiger partial charge in [0.2, 0.25) is 0 Å². The standard InChI is InChI=1S/C11H14N2O4/c1-2-17-9(14)6-13-10(15)7-4-3-5-8(7)12-11(13)16/h2-6H2,1H3,(H,12,16). The molecule has 1 heterocycles. The van der Waals surface area contributed by atoms with Gasteiger partial charge < -0.3 is 9.72 Å². The number of esters is 1. The molecule has 1 aliphatic carbocycles. The highest BCUT2D eigenvalue weighted by Crippen LogP contribution is 2.13. The number of aromatic nitrogens is 2. The van der Waals surface area contributed by atoms with Crippen LogP contribution >= 0.6 is 0 Å². The van der Waals surface area contributed by atoms with Gasteiger partial charge in [0, 0.05) is 11.3 Å². The number of H-pyrrole nitrogens is 1. The zero-order valence-electron chi connectivity index (χ0n) is 9.62. The summed E-state index contributed by atoms with van der Waals surface area (Å²) in [5.74, 6) is -0.571. The highest BCUT2D eigenvalue weighted by Gasteiger charge is 2.19. The van der Waals surface area contributed by atoms with Gasteiger partial charge in [-0.2, -0.15) is 0 Å². The van der Waals surface area contributed by atoms with E-state index in [9.17, 15) is 14.4 Å². The number of fused-ring (bicyclic) bond motifs is 1. The van der Waals surface area contributed by atoms with Gasteiger partial charge >= 0.3 is 11.7 Å². The van der Waals surface area contributed by atoms with Crippen LogP contribution in [0.1, 0.15) is 24.6 Å². The third-order valence-corrected chi connectivity index (χ3v) is 2.82. The first-order valence-electron chi connectivity index (χ1n) is 5.64. The molecule has 0 aromatic carbocycles. The lowest BCUT2D eigenvalue weighted by molar-refractivity contribution is -0.143. The molecule has 1 aliphatic rings. The predicted molar refractivity (Wildman–Crippen MR) is 60.0 cm³/mol. The zero-order valence-corrected chi connectivity index (χ0v) is 9.62. The molecule has 0 saturated heterocycles. The van der Waals surface area contributed by atoms with Crippen LogP contribution in [0.25, 0.3) is 0 Å². The van der Waals surface area contributed by atoms with E-state index >= 15 is 0 Å². The van der Waals surface area contributed by atoms with Gasteiger partial charge in [-0.05, 0) is 26.2 Å². The number of aromatic amines is 1. The minimum atomic E-state index is -0.571. The second-order valence-corrected chi connectivity index (χ2v) is 3.94. The number of carbonyl (C=O) groups is 1. The maximum absolute atomic E-state index is 12.0. The Morgan fingerprint density at radius 2 is 2.18 bits per heavy atom. The lowest BCUT2D eigenvalue weighted by atomic mass is 10.2. The van der Waals surface area contributed by atoms with Crippen molar-refractivity contribution in [3.05, 3.63) is 32.1 Å². The SMILES string of the molecule is CCOC(=O)Cn1c(=O)[nH]c2c(c1=O)CCC2. The average Bonchev–Trinajstić information content (AvgIpc) is 2.72. The summed E-state index contributed by atoms with van der Waals surface area (Å²) in [4.78, 5) is 37.5. The van der Waals surface area contributed by atoms with E-state index in [1.807, 2.05) is 0 Å². The number of nitrogens with one attached hydrogen (secondary N) is 1. The maximum Gasteiger partial charge on any atom is 0.329 e. The predicted octanol–water partition coefficient (Wildman–Crippen LogP) is -0.412. The Hall–Kier alpha value is -1.85. The van der Waals surface area contributed by atoms with Crippen molar-refractivity contribution in [1.29, 1.82) is 0 Å². The molecule has 0 radical (unpaired) electrons. The fourth-order valence-electron chi connectivity index (χ4n) is 2.05. The fourth-order valence-corrected chi connectivity index (χ4v) is 2.05. The van der Waals surface area contributed by atoms with Gasteiger partial charge in [0.1, 0.15) is 6.54 Å². The number of rotatable bonds is 3. The molecule has 0 spiro atoms. The molecule has 6 heteroatoms. The number of aryl methyl sites for hydroxylation is 1. The number of hydrogen-bond acceptors (Lipinski definition) is 4. The Bertz CT molecular complexity index is 556. The van der Waals surface area contributed by atoms with Crippen LogP contribution in [0.2, 0.25) is 0 Å². The summed E-state index contributed by atoms with van der Waals surface area (Å²) < 4.78 is 5.63. The lowest BCUT2D eigenvalue weighted by Gasteiger charge is -2.06. The Kier molecular flexibility index (Phi) is 3.12. The molecule has 17 heavy (non-hydrogen) atoms. The molecule has 1 aromatic rings. The van der Waals surface area contributed by atoms with Crippen molar-refractivity contribution in [2.45, 2.75) is 32.7 Å². The Morgan fingerprint density at radius 1 is 1.41 bits per heavy atom. The van der Waals surface area contributed by atoms with Crippen LogP contribution in [0.3, 0.4) is 0 Å². The Balaban J connectivity index is 2.39.